The van der Waals surface area contributed by atoms with Crippen LogP contribution in [0.4, 0.5) is 5.69 Å². The predicted molar refractivity (Wildman–Crippen MR) is 134 cm³/mol. The molecule has 0 spiro atoms. The van der Waals surface area contributed by atoms with Crippen molar-refractivity contribution in [2.24, 2.45) is 0 Å². The quantitative estimate of drug-likeness (QED) is 0.528. The zero-order valence-electron chi connectivity index (χ0n) is 18.8. The van der Waals surface area contributed by atoms with Crippen molar-refractivity contribution in [3.8, 4) is 6.07 Å². The van der Waals surface area contributed by atoms with Gasteiger partial charge in [0.2, 0.25) is 11.8 Å². The monoisotopic (exact) mass is 475 g/mol. The first kappa shape index (κ1) is 23.4. The van der Waals surface area contributed by atoms with Gasteiger partial charge in [0.25, 0.3) is 0 Å². The molecule has 4 rings (SSSR count). The molecule has 2 amide bonds. The van der Waals surface area contributed by atoms with Gasteiger partial charge >= 0.3 is 0 Å². The first-order valence-corrected chi connectivity index (χ1v) is 11.6. The lowest BCUT2D eigenvalue weighted by Crippen LogP contribution is -2.51. The van der Waals surface area contributed by atoms with Crippen LogP contribution >= 0.6 is 11.6 Å². The third kappa shape index (κ3) is 5.59. The van der Waals surface area contributed by atoms with Crippen molar-refractivity contribution in [1.82, 2.24) is 14.8 Å². The van der Waals surface area contributed by atoms with Gasteiger partial charge in [0, 0.05) is 72.2 Å². The minimum absolute atomic E-state index is 0.0337. The van der Waals surface area contributed by atoms with Crippen LogP contribution in [0.25, 0.3) is 17.0 Å². The van der Waals surface area contributed by atoms with Crippen molar-refractivity contribution in [3.05, 3.63) is 71.4 Å². The summed E-state index contributed by atoms with van der Waals surface area (Å²) in [6.45, 7) is 3.24. The van der Waals surface area contributed by atoms with E-state index in [9.17, 15) is 9.59 Å². The normalized spacial score (nSPS) is 13.9. The van der Waals surface area contributed by atoms with Crippen LogP contribution in [0.1, 0.15) is 12.0 Å². The summed E-state index contributed by atoms with van der Waals surface area (Å²) in [4.78, 5) is 28.9. The molecule has 0 aliphatic carbocycles. The molecule has 174 valence electrons. The second-order valence-corrected chi connectivity index (χ2v) is 8.53. The Bertz CT molecular complexity index is 1230. The largest absolute Gasteiger partial charge is 0.368 e. The SMILES string of the molecule is N#CCCn1cc(/C=C/C(=O)NCC(=O)N2CCN(c3ccc(Cl)cc3)CC2)c2ccccc21. The first-order chi connectivity index (χ1) is 16.5. The molecule has 0 radical (unpaired) electrons. The minimum atomic E-state index is -0.318. The molecule has 2 heterocycles. The van der Waals surface area contributed by atoms with Gasteiger partial charge in [-0.1, -0.05) is 29.8 Å². The molecule has 1 aliphatic rings. The number of fused-ring (bicyclic) bond motifs is 1. The molecule has 1 fully saturated rings. The lowest BCUT2D eigenvalue weighted by Gasteiger charge is -2.36. The number of hydrogen-bond acceptors (Lipinski definition) is 4. The van der Waals surface area contributed by atoms with Crippen molar-refractivity contribution in [1.29, 1.82) is 5.26 Å². The zero-order chi connectivity index (χ0) is 23.9. The van der Waals surface area contributed by atoms with Crippen LogP contribution in [0, 0.1) is 11.3 Å². The van der Waals surface area contributed by atoms with Crippen LogP contribution in [0.2, 0.25) is 5.02 Å². The number of nitriles is 1. The number of amides is 2. The van der Waals surface area contributed by atoms with E-state index in [0.29, 0.717) is 31.1 Å². The van der Waals surface area contributed by atoms with E-state index >= 15 is 0 Å². The molecule has 8 heteroatoms. The number of para-hydroxylation sites is 1. The average molecular weight is 476 g/mol. The van der Waals surface area contributed by atoms with Gasteiger partial charge in [-0.3, -0.25) is 9.59 Å². The summed E-state index contributed by atoms with van der Waals surface area (Å²) in [7, 11) is 0. The van der Waals surface area contributed by atoms with E-state index in [4.69, 9.17) is 16.9 Å². The highest BCUT2D eigenvalue weighted by Gasteiger charge is 2.21. The Labute approximate surface area is 203 Å². The molecule has 1 N–H and O–H groups in total. The number of halogens is 1. The molecule has 34 heavy (non-hydrogen) atoms. The Morgan fingerprint density at radius 3 is 2.53 bits per heavy atom. The van der Waals surface area contributed by atoms with E-state index in [1.54, 1.807) is 11.0 Å². The van der Waals surface area contributed by atoms with E-state index in [0.717, 1.165) is 35.2 Å². The molecule has 2 aromatic carbocycles. The highest BCUT2D eigenvalue weighted by atomic mass is 35.5. The van der Waals surface area contributed by atoms with Gasteiger partial charge in [0.15, 0.2) is 0 Å². The molecule has 0 unspecified atom stereocenters. The second-order valence-electron chi connectivity index (χ2n) is 8.10. The van der Waals surface area contributed by atoms with Gasteiger partial charge in [-0.05, 0) is 36.4 Å². The molecule has 7 nitrogen and oxygen atoms in total. The third-order valence-corrected chi connectivity index (χ3v) is 6.19. The minimum Gasteiger partial charge on any atom is -0.368 e. The van der Waals surface area contributed by atoms with Crippen molar-refractivity contribution in [2.45, 2.75) is 13.0 Å². The van der Waals surface area contributed by atoms with Crippen LogP contribution < -0.4 is 10.2 Å². The number of aryl methyl sites for hydroxylation is 1. The number of carbonyl (C=O) groups excluding carboxylic acids is 2. The Morgan fingerprint density at radius 1 is 1.06 bits per heavy atom. The summed E-state index contributed by atoms with van der Waals surface area (Å²) in [5, 5.41) is 13.3. The van der Waals surface area contributed by atoms with Gasteiger partial charge in [-0.25, -0.2) is 0 Å². The number of rotatable bonds is 7. The smallest absolute Gasteiger partial charge is 0.244 e. The maximum Gasteiger partial charge on any atom is 0.244 e. The predicted octanol–water partition coefficient (Wildman–Crippen LogP) is 3.69. The van der Waals surface area contributed by atoms with Gasteiger partial charge in [-0.15, -0.1) is 0 Å². The lowest BCUT2D eigenvalue weighted by molar-refractivity contribution is -0.132. The molecule has 0 saturated carbocycles. The van der Waals surface area contributed by atoms with Gasteiger partial charge in [-0.2, -0.15) is 5.26 Å². The second kappa shape index (κ2) is 10.9. The van der Waals surface area contributed by atoms with Crippen molar-refractivity contribution in [3.63, 3.8) is 0 Å². The lowest BCUT2D eigenvalue weighted by atomic mass is 10.1. The first-order valence-electron chi connectivity index (χ1n) is 11.2. The molecule has 1 aromatic heterocycles. The Kier molecular flexibility index (Phi) is 7.51. The number of aromatic nitrogens is 1. The zero-order valence-corrected chi connectivity index (χ0v) is 19.5. The molecule has 1 aliphatic heterocycles. The van der Waals surface area contributed by atoms with E-state index in [1.807, 2.05) is 59.3 Å². The van der Waals surface area contributed by atoms with Crippen LogP contribution in [0.5, 0.6) is 0 Å². The van der Waals surface area contributed by atoms with Crippen LogP contribution in [-0.4, -0.2) is 54.0 Å². The number of hydrogen-bond donors (Lipinski definition) is 1. The number of nitrogens with zero attached hydrogens (tertiary/aromatic N) is 4. The summed E-state index contributed by atoms with van der Waals surface area (Å²) in [6.07, 6.45) is 5.55. The van der Waals surface area contributed by atoms with E-state index in [2.05, 4.69) is 16.3 Å². The number of anilines is 1. The van der Waals surface area contributed by atoms with Crippen LogP contribution in [-0.2, 0) is 16.1 Å². The number of carbonyl (C=O) groups is 2. The summed E-state index contributed by atoms with van der Waals surface area (Å²) in [5.41, 5.74) is 3.00. The van der Waals surface area contributed by atoms with Crippen molar-refractivity contribution < 1.29 is 9.59 Å². The fraction of sp³-hybridized carbons (Fsp3) is 0.269. The van der Waals surface area contributed by atoms with E-state index in [-0.39, 0.29) is 18.4 Å². The van der Waals surface area contributed by atoms with Gasteiger partial charge in [0.05, 0.1) is 19.0 Å². The maximum atomic E-state index is 12.6. The summed E-state index contributed by atoms with van der Waals surface area (Å²) < 4.78 is 2.02. The topological polar surface area (TPSA) is 81.4 Å². The Balaban J connectivity index is 1.28. The summed E-state index contributed by atoms with van der Waals surface area (Å²) in [5.74, 6) is -0.410. The van der Waals surface area contributed by atoms with Crippen LogP contribution in [0.3, 0.4) is 0 Å². The van der Waals surface area contributed by atoms with Crippen molar-refractivity contribution >= 4 is 46.1 Å². The molecular formula is C26H26ClN5O2. The van der Waals surface area contributed by atoms with Crippen LogP contribution in [0.15, 0.2) is 60.8 Å². The molecule has 1 saturated heterocycles. The Morgan fingerprint density at radius 2 is 1.79 bits per heavy atom. The van der Waals surface area contributed by atoms with Gasteiger partial charge < -0.3 is 19.7 Å². The maximum absolute atomic E-state index is 12.6. The van der Waals surface area contributed by atoms with Gasteiger partial charge in [0.1, 0.15) is 0 Å². The summed E-state index contributed by atoms with van der Waals surface area (Å²) in [6, 6.07) is 17.7. The average Bonchev–Trinajstić information content (AvgIpc) is 3.23. The van der Waals surface area contributed by atoms with E-state index < -0.39 is 0 Å². The standard InChI is InChI=1S/C26H26ClN5O2/c27-21-7-9-22(10-8-21)30-14-16-31(17-15-30)26(34)18-29-25(33)11-6-20-19-32(13-3-12-28)24-5-2-1-4-23(20)24/h1-2,4-11,19H,3,13-18H2,(H,29,33)/b11-6+. The number of nitrogens with one attached hydrogen (secondary N) is 1. The third-order valence-electron chi connectivity index (χ3n) is 5.94. The van der Waals surface area contributed by atoms with Crippen molar-refractivity contribution in [2.75, 3.05) is 37.6 Å². The number of piperazine rings is 1. The molecule has 0 atom stereocenters. The summed E-state index contributed by atoms with van der Waals surface area (Å²) >= 11 is 5.96. The highest BCUT2D eigenvalue weighted by molar-refractivity contribution is 6.30. The van der Waals surface area contributed by atoms with E-state index in [1.165, 1.54) is 6.08 Å². The Hall–Kier alpha value is -3.76. The molecular weight excluding hydrogens is 450 g/mol. The number of benzene rings is 2. The highest BCUT2D eigenvalue weighted by Crippen LogP contribution is 2.23. The fourth-order valence-electron chi connectivity index (χ4n) is 4.13. The molecule has 3 aromatic rings. The fourth-order valence-corrected chi connectivity index (χ4v) is 4.25. The molecule has 0 bridgehead atoms.